The van der Waals surface area contributed by atoms with Gasteiger partial charge >= 0.3 is 0 Å². The summed E-state index contributed by atoms with van der Waals surface area (Å²) in [5.41, 5.74) is 0.229. The maximum atomic E-state index is 13.4. The van der Waals surface area contributed by atoms with Gasteiger partial charge in [0, 0.05) is 17.6 Å². The van der Waals surface area contributed by atoms with Crippen LogP contribution in [-0.4, -0.2) is 12.1 Å². The topological polar surface area (TPSA) is 12.0 Å². The van der Waals surface area contributed by atoms with Gasteiger partial charge in [-0.2, -0.15) is 0 Å². The zero-order valence-corrected chi connectivity index (χ0v) is 10.2. The Morgan fingerprint density at radius 2 is 1.94 bits per heavy atom. The van der Waals surface area contributed by atoms with Gasteiger partial charge in [-0.1, -0.05) is 12.5 Å². The summed E-state index contributed by atoms with van der Waals surface area (Å²) in [6.07, 6.45) is 4.80. The average Bonchev–Trinajstić information content (AvgIpc) is 2.28. The summed E-state index contributed by atoms with van der Waals surface area (Å²) >= 11 is 0. The first-order chi connectivity index (χ1) is 8.16. The van der Waals surface area contributed by atoms with E-state index >= 15 is 0 Å². The highest BCUT2D eigenvalue weighted by atomic mass is 19.1. The summed E-state index contributed by atoms with van der Waals surface area (Å²) in [6, 6.07) is 5.00. The maximum absolute atomic E-state index is 13.4. The minimum absolute atomic E-state index is 0.229. The highest BCUT2D eigenvalue weighted by Gasteiger charge is 2.18. The van der Waals surface area contributed by atoms with Gasteiger partial charge in [-0.15, -0.1) is 0 Å². The predicted molar refractivity (Wildman–Crippen MR) is 64.9 cm³/mol. The molecule has 17 heavy (non-hydrogen) atoms. The second-order valence-corrected chi connectivity index (χ2v) is 4.93. The molecule has 2 rings (SSSR count). The quantitative estimate of drug-likeness (QED) is 0.852. The van der Waals surface area contributed by atoms with Crippen LogP contribution in [0, 0.1) is 11.6 Å². The van der Waals surface area contributed by atoms with E-state index in [1.807, 2.05) is 0 Å². The molecule has 1 N–H and O–H groups in total. The molecule has 0 spiro atoms. The number of hydrogen-bond donors (Lipinski definition) is 1. The van der Waals surface area contributed by atoms with Crippen molar-refractivity contribution in [2.75, 3.05) is 0 Å². The van der Waals surface area contributed by atoms with Crippen molar-refractivity contribution < 1.29 is 8.78 Å². The molecule has 1 aliphatic heterocycles. The standard InChI is InChI=1S/C14H19F2N/c1-10-4-2-5-11(17-10)8-9-12-13(15)6-3-7-14(12)16/h3,6-7,10-11,17H,2,4-5,8-9H2,1H3. The molecule has 2 unspecified atom stereocenters. The number of nitrogens with one attached hydrogen (secondary N) is 1. The van der Waals surface area contributed by atoms with Crippen LogP contribution in [0.5, 0.6) is 0 Å². The molecule has 1 aromatic rings. The van der Waals surface area contributed by atoms with Gasteiger partial charge in [0.15, 0.2) is 0 Å². The van der Waals surface area contributed by atoms with Crippen molar-refractivity contribution in [3.63, 3.8) is 0 Å². The maximum Gasteiger partial charge on any atom is 0.129 e. The molecule has 2 atom stereocenters. The molecule has 0 amide bonds. The Balaban J connectivity index is 1.93. The Hall–Kier alpha value is -0.960. The minimum atomic E-state index is -0.422. The molecule has 1 saturated heterocycles. The van der Waals surface area contributed by atoms with E-state index in [0.29, 0.717) is 18.5 Å². The number of rotatable bonds is 3. The van der Waals surface area contributed by atoms with Gasteiger partial charge in [0.25, 0.3) is 0 Å². The van der Waals surface area contributed by atoms with Crippen molar-refractivity contribution in [3.8, 4) is 0 Å². The third-order valence-corrected chi connectivity index (χ3v) is 3.51. The van der Waals surface area contributed by atoms with Crippen LogP contribution >= 0.6 is 0 Å². The summed E-state index contributed by atoms with van der Waals surface area (Å²) in [4.78, 5) is 0. The Labute approximate surface area is 101 Å². The van der Waals surface area contributed by atoms with Crippen molar-refractivity contribution >= 4 is 0 Å². The number of hydrogen-bond acceptors (Lipinski definition) is 1. The fourth-order valence-corrected chi connectivity index (χ4v) is 2.56. The molecule has 0 aromatic heterocycles. The number of benzene rings is 1. The molecule has 1 aliphatic rings. The Morgan fingerprint density at radius 3 is 2.59 bits per heavy atom. The molecule has 0 saturated carbocycles. The Morgan fingerprint density at radius 1 is 1.24 bits per heavy atom. The lowest BCUT2D eigenvalue weighted by Crippen LogP contribution is -2.40. The Kier molecular flexibility index (Phi) is 4.11. The van der Waals surface area contributed by atoms with Gasteiger partial charge in [0.05, 0.1) is 0 Å². The van der Waals surface area contributed by atoms with E-state index < -0.39 is 11.6 Å². The third-order valence-electron chi connectivity index (χ3n) is 3.51. The molecule has 0 radical (unpaired) electrons. The summed E-state index contributed by atoms with van der Waals surface area (Å²) in [5.74, 6) is -0.845. The van der Waals surface area contributed by atoms with Crippen LogP contribution in [0.15, 0.2) is 18.2 Å². The van der Waals surface area contributed by atoms with Crippen LogP contribution in [0.1, 0.15) is 38.2 Å². The lowest BCUT2D eigenvalue weighted by Gasteiger charge is -2.28. The molecule has 3 heteroatoms. The third kappa shape index (κ3) is 3.25. The van der Waals surface area contributed by atoms with E-state index in [1.54, 1.807) is 0 Å². The van der Waals surface area contributed by atoms with Gasteiger partial charge in [-0.25, -0.2) is 8.78 Å². The second kappa shape index (κ2) is 5.58. The molecule has 1 aromatic carbocycles. The molecular weight excluding hydrogens is 220 g/mol. The molecule has 0 bridgehead atoms. The summed E-state index contributed by atoms with van der Waals surface area (Å²) in [7, 11) is 0. The van der Waals surface area contributed by atoms with E-state index in [2.05, 4.69) is 12.2 Å². The monoisotopic (exact) mass is 239 g/mol. The van der Waals surface area contributed by atoms with Crippen molar-refractivity contribution in [3.05, 3.63) is 35.4 Å². The normalized spacial score (nSPS) is 24.9. The zero-order valence-electron chi connectivity index (χ0n) is 10.2. The summed E-state index contributed by atoms with van der Waals surface area (Å²) < 4.78 is 26.8. The van der Waals surface area contributed by atoms with Crippen LogP contribution in [0.2, 0.25) is 0 Å². The van der Waals surface area contributed by atoms with Crippen LogP contribution < -0.4 is 5.32 Å². The van der Waals surface area contributed by atoms with Crippen molar-refractivity contribution in [2.24, 2.45) is 0 Å². The van der Waals surface area contributed by atoms with E-state index in [9.17, 15) is 8.78 Å². The molecular formula is C14H19F2N. The lowest BCUT2D eigenvalue weighted by atomic mass is 9.94. The summed E-state index contributed by atoms with van der Waals surface area (Å²) in [6.45, 7) is 2.16. The SMILES string of the molecule is CC1CCCC(CCc2c(F)cccc2F)N1. The number of halogens is 2. The van der Waals surface area contributed by atoms with Crippen molar-refractivity contribution in [1.82, 2.24) is 5.32 Å². The van der Waals surface area contributed by atoms with Gasteiger partial charge in [-0.05, 0) is 44.7 Å². The van der Waals surface area contributed by atoms with Crippen molar-refractivity contribution in [2.45, 2.75) is 51.1 Å². The van der Waals surface area contributed by atoms with Crippen LogP contribution in [-0.2, 0) is 6.42 Å². The first-order valence-electron chi connectivity index (χ1n) is 6.35. The van der Waals surface area contributed by atoms with Gasteiger partial charge < -0.3 is 5.32 Å². The number of piperidine rings is 1. The first kappa shape index (κ1) is 12.5. The minimum Gasteiger partial charge on any atom is -0.311 e. The van der Waals surface area contributed by atoms with Crippen LogP contribution in [0.25, 0.3) is 0 Å². The Bertz CT molecular complexity index is 358. The van der Waals surface area contributed by atoms with Crippen molar-refractivity contribution in [1.29, 1.82) is 0 Å². The van der Waals surface area contributed by atoms with E-state index in [0.717, 1.165) is 12.8 Å². The summed E-state index contributed by atoms with van der Waals surface area (Å²) in [5, 5.41) is 3.48. The van der Waals surface area contributed by atoms with Gasteiger partial charge in [0.2, 0.25) is 0 Å². The zero-order chi connectivity index (χ0) is 12.3. The molecule has 94 valence electrons. The molecule has 1 nitrogen and oxygen atoms in total. The van der Waals surface area contributed by atoms with E-state index in [-0.39, 0.29) is 5.56 Å². The first-order valence-corrected chi connectivity index (χ1v) is 6.35. The average molecular weight is 239 g/mol. The van der Waals surface area contributed by atoms with Crippen LogP contribution in [0.4, 0.5) is 8.78 Å². The molecule has 1 fully saturated rings. The van der Waals surface area contributed by atoms with E-state index in [4.69, 9.17) is 0 Å². The highest BCUT2D eigenvalue weighted by molar-refractivity contribution is 5.19. The van der Waals surface area contributed by atoms with Gasteiger partial charge in [0.1, 0.15) is 11.6 Å². The van der Waals surface area contributed by atoms with E-state index in [1.165, 1.54) is 31.0 Å². The fourth-order valence-electron chi connectivity index (χ4n) is 2.56. The predicted octanol–water partition coefficient (Wildman–Crippen LogP) is 3.43. The molecule has 1 heterocycles. The second-order valence-electron chi connectivity index (χ2n) is 4.93. The lowest BCUT2D eigenvalue weighted by molar-refractivity contribution is 0.320. The fraction of sp³-hybridized carbons (Fsp3) is 0.571. The molecule has 0 aliphatic carbocycles. The van der Waals surface area contributed by atoms with Crippen LogP contribution in [0.3, 0.4) is 0 Å². The highest BCUT2D eigenvalue weighted by Crippen LogP contribution is 2.19. The van der Waals surface area contributed by atoms with Gasteiger partial charge in [-0.3, -0.25) is 0 Å². The largest absolute Gasteiger partial charge is 0.311 e. The smallest absolute Gasteiger partial charge is 0.129 e.